The molecule has 1 aliphatic heterocycles. The minimum absolute atomic E-state index is 0.120. The SMILES string of the molecule is CN1CCN(c2cc(Br)ccc2C(=N)N)CC1(C)C. The Balaban J connectivity index is 2.36. The van der Waals surface area contributed by atoms with E-state index in [1.54, 1.807) is 0 Å². The lowest BCUT2D eigenvalue weighted by atomic mass is 9.98. The Labute approximate surface area is 123 Å². The van der Waals surface area contributed by atoms with Crippen LogP contribution in [0.15, 0.2) is 22.7 Å². The molecule has 5 heteroatoms. The van der Waals surface area contributed by atoms with Gasteiger partial charge in [-0.25, -0.2) is 0 Å². The number of rotatable bonds is 2. The molecule has 0 amide bonds. The second kappa shape index (κ2) is 5.13. The molecule has 2 rings (SSSR count). The topological polar surface area (TPSA) is 56.4 Å². The Morgan fingerprint density at radius 2 is 2.05 bits per heavy atom. The molecule has 1 aromatic carbocycles. The van der Waals surface area contributed by atoms with Crippen LogP contribution in [-0.4, -0.2) is 43.0 Å². The van der Waals surface area contributed by atoms with Crippen LogP contribution in [0.1, 0.15) is 19.4 Å². The first-order chi connectivity index (χ1) is 8.81. The number of anilines is 1. The maximum absolute atomic E-state index is 7.73. The van der Waals surface area contributed by atoms with Gasteiger partial charge in [-0.1, -0.05) is 15.9 Å². The molecule has 0 bridgehead atoms. The number of likely N-dealkylation sites (N-methyl/N-ethyl adjacent to an activating group) is 1. The average molecular weight is 325 g/mol. The van der Waals surface area contributed by atoms with Gasteiger partial charge in [0.25, 0.3) is 0 Å². The summed E-state index contributed by atoms with van der Waals surface area (Å²) in [5.41, 5.74) is 7.67. The van der Waals surface area contributed by atoms with Crippen LogP contribution in [0.4, 0.5) is 5.69 Å². The van der Waals surface area contributed by atoms with Gasteiger partial charge in [0.05, 0.1) is 0 Å². The van der Waals surface area contributed by atoms with Crippen molar-refractivity contribution in [1.82, 2.24) is 4.90 Å². The summed E-state index contributed by atoms with van der Waals surface area (Å²) < 4.78 is 1.02. The highest BCUT2D eigenvalue weighted by atomic mass is 79.9. The standard InChI is InChI=1S/C14H21BrN4/c1-14(2)9-19(7-6-18(14)3)12-8-10(15)4-5-11(12)13(16)17/h4-5,8H,6-7,9H2,1-3H3,(H3,16,17). The van der Waals surface area contributed by atoms with Crippen molar-refractivity contribution in [2.75, 3.05) is 31.6 Å². The summed E-state index contributed by atoms with van der Waals surface area (Å²) in [7, 11) is 2.16. The Bertz CT molecular complexity index is 498. The lowest BCUT2D eigenvalue weighted by Gasteiger charge is -2.46. The van der Waals surface area contributed by atoms with E-state index in [4.69, 9.17) is 11.1 Å². The van der Waals surface area contributed by atoms with Crippen LogP contribution in [0.25, 0.3) is 0 Å². The number of hydrogen-bond acceptors (Lipinski definition) is 3. The van der Waals surface area contributed by atoms with Crippen LogP contribution in [0.5, 0.6) is 0 Å². The van der Waals surface area contributed by atoms with E-state index in [0.29, 0.717) is 0 Å². The zero-order chi connectivity index (χ0) is 14.2. The average Bonchev–Trinajstić information content (AvgIpc) is 2.32. The number of nitrogens with two attached hydrogens (primary N) is 1. The molecule has 1 saturated heterocycles. The lowest BCUT2D eigenvalue weighted by molar-refractivity contribution is 0.139. The molecule has 0 radical (unpaired) electrons. The maximum Gasteiger partial charge on any atom is 0.124 e. The van der Waals surface area contributed by atoms with Crippen molar-refractivity contribution in [3.63, 3.8) is 0 Å². The molecule has 0 spiro atoms. The van der Waals surface area contributed by atoms with Crippen LogP contribution >= 0.6 is 15.9 Å². The molecule has 0 aliphatic carbocycles. The van der Waals surface area contributed by atoms with Crippen LogP contribution in [0.2, 0.25) is 0 Å². The Hall–Kier alpha value is -1.07. The van der Waals surface area contributed by atoms with Gasteiger partial charge in [-0.05, 0) is 39.1 Å². The molecule has 0 atom stereocenters. The Morgan fingerprint density at radius 3 is 2.63 bits per heavy atom. The smallest absolute Gasteiger partial charge is 0.124 e. The number of benzene rings is 1. The van der Waals surface area contributed by atoms with Crippen molar-refractivity contribution in [2.24, 2.45) is 5.73 Å². The predicted octanol–water partition coefficient (Wildman–Crippen LogP) is 2.26. The highest BCUT2D eigenvalue weighted by Crippen LogP contribution is 2.29. The fraction of sp³-hybridized carbons (Fsp3) is 0.500. The van der Waals surface area contributed by atoms with Crippen molar-refractivity contribution < 1.29 is 0 Å². The van der Waals surface area contributed by atoms with Gasteiger partial charge in [0, 0.05) is 40.9 Å². The third-order valence-electron chi connectivity index (χ3n) is 3.91. The number of nitrogens with one attached hydrogen (secondary N) is 1. The van der Waals surface area contributed by atoms with Crippen LogP contribution in [0.3, 0.4) is 0 Å². The number of hydrogen-bond donors (Lipinski definition) is 2. The summed E-state index contributed by atoms with van der Waals surface area (Å²) in [6.45, 7) is 7.38. The third kappa shape index (κ3) is 2.92. The summed E-state index contributed by atoms with van der Waals surface area (Å²) in [4.78, 5) is 4.69. The number of amidine groups is 1. The molecule has 104 valence electrons. The molecule has 1 aliphatic rings. The van der Waals surface area contributed by atoms with Crippen LogP contribution < -0.4 is 10.6 Å². The summed E-state index contributed by atoms with van der Waals surface area (Å²) in [6.07, 6.45) is 0. The molecule has 3 N–H and O–H groups in total. The fourth-order valence-electron chi connectivity index (χ4n) is 2.44. The molecular weight excluding hydrogens is 304 g/mol. The summed E-state index contributed by atoms with van der Waals surface area (Å²) in [5, 5.41) is 7.73. The molecular formula is C14H21BrN4. The molecule has 0 aromatic heterocycles. The quantitative estimate of drug-likeness (QED) is 0.648. The van der Waals surface area contributed by atoms with Gasteiger partial charge in [0.2, 0.25) is 0 Å². The van der Waals surface area contributed by atoms with E-state index in [1.165, 1.54) is 0 Å². The molecule has 0 saturated carbocycles. The highest BCUT2D eigenvalue weighted by Gasteiger charge is 2.32. The van der Waals surface area contributed by atoms with Gasteiger partial charge in [0.15, 0.2) is 0 Å². The maximum atomic E-state index is 7.73. The van der Waals surface area contributed by atoms with Gasteiger partial charge in [-0.15, -0.1) is 0 Å². The highest BCUT2D eigenvalue weighted by molar-refractivity contribution is 9.10. The first-order valence-corrected chi connectivity index (χ1v) is 7.21. The monoisotopic (exact) mass is 324 g/mol. The van der Waals surface area contributed by atoms with E-state index < -0.39 is 0 Å². The fourth-order valence-corrected chi connectivity index (χ4v) is 2.79. The van der Waals surface area contributed by atoms with E-state index in [0.717, 1.165) is 35.4 Å². The van der Waals surface area contributed by atoms with Gasteiger partial charge >= 0.3 is 0 Å². The van der Waals surface area contributed by atoms with Crippen molar-refractivity contribution in [3.05, 3.63) is 28.2 Å². The molecule has 19 heavy (non-hydrogen) atoms. The Morgan fingerprint density at radius 1 is 1.37 bits per heavy atom. The first kappa shape index (κ1) is 14.3. The van der Waals surface area contributed by atoms with Gasteiger partial charge in [-0.2, -0.15) is 0 Å². The molecule has 1 heterocycles. The third-order valence-corrected chi connectivity index (χ3v) is 4.40. The van der Waals surface area contributed by atoms with Gasteiger partial charge in [0.1, 0.15) is 5.84 Å². The lowest BCUT2D eigenvalue weighted by Crippen LogP contribution is -2.58. The van der Waals surface area contributed by atoms with Crippen molar-refractivity contribution in [2.45, 2.75) is 19.4 Å². The van der Waals surface area contributed by atoms with Crippen LogP contribution in [-0.2, 0) is 0 Å². The number of nitrogen functional groups attached to an aromatic ring is 1. The van der Waals surface area contributed by atoms with Gasteiger partial charge in [-0.3, -0.25) is 10.3 Å². The summed E-state index contributed by atoms with van der Waals surface area (Å²) in [6, 6.07) is 5.90. The summed E-state index contributed by atoms with van der Waals surface area (Å²) >= 11 is 3.50. The minimum Gasteiger partial charge on any atom is -0.384 e. The largest absolute Gasteiger partial charge is 0.384 e. The number of piperazine rings is 1. The number of halogens is 1. The molecule has 4 nitrogen and oxygen atoms in total. The summed E-state index contributed by atoms with van der Waals surface area (Å²) in [5.74, 6) is 0.124. The first-order valence-electron chi connectivity index (χ1n) is 6.41. The zero-order valence-electron chi connectivity index (χ0n) is 11.7. The Kier molecular flexibility index (Phi) is 3.87. The van der Waals surface area contributed by atoms with Crippen LogP contribution in [0, 0.1) is 5.41 Å². The van der Waals surface area contributed by atoms with E-state index in [1.807, 2.05) is 12.1 Å². The normalized spacial score (nSPS) is 19.5. The second-order valence-corrected chi connectivity index (χ2v) is 6.65. The zero-order valence-corrected chi connectivity index (χ0v) is 13.3. The van der Waals surface area contributed by atoms with Gasteiger partial charge < -0.3 is 10.6 Å². The molecule has 0 unspecified atom stereocenters. The molecule has 1 aromatic rings. The predicted molar refractivity (Wildman–Crippen MR) is 84.1 cm³/mol. The van der Waals surface area contributed by atoms with Crippen molar-refractivity contribution in [3.8, 4) is 0 Å². The van der Waals surface area contributed by atoms with Crippen molar-refractivity contribution in [1.29, 1.82) is 5.41 Å². The minimum atomic E-state index is 0.120. The van der Waals surface area contributed by atoms with Crippen molar-refractivity contribution >= 4 is 27.5 Å². The van der Waals surface area contributed by atoms with E-state index in [9.17, 15) is 0 Å². The van der Waals surface area contributed by atoms with E-state index in [2.05, 4.69) is 52.7 Å². The molecule has 1 fully saturated rings. The van der Waals surface area contributed by atoms with E-state index in [-0.39, 0.29) is 11.4 Å². The number of nitrogens with zero attached hydrogens (tertiary/aromatic N) is 2. The second-order valence-electron chi connectivity index (χ2n) is 5.73. The van der Waals surface area contributed by atoms with E-state index >= 15 is 0 Å².